The molecule has 0 aliphatic carbocycles. The maximum atomic E-state index is 10.3. The molecule has 0 aromatic rings. The fourth-order valence-electron chi connectivity index (χ4n) is 1.22. The average molecular weight is 175 g/mol. The van der Waals surface area contributed by atoms with E-state index >= 15 is 0 Å². The second kappa shape index (κ2) is 4.98. The van der Waals surface area contributed by atoms with Crippen molar-refractivity contribution in [1.82, 2.24) is 5.32 Å². The van der Waals surface area contributed by atoms with Crippen molar-refractivity contribution in [3.63, 3.8) is 0 Å². The Bertz CT molecular complexity index is 147. The molecule has 2 atom stereocenters. The average Bonchev–Trinajstić information content (AvgIpc) is 1.98. The Morgan fingerprint density at radius 3 is 2.17 bits per heavy atom. The molecule has 0 saturated heterocycles. The van der Waals surface area contributed by atoms with Gasteiger partial charge in [0.25, 0.3) is 0 Å². The summed E-state index contributed by atoms with van der Waals surface area (Å²) in [5, 5.41) is 19.7. The molecular weight excluding hydrogens is 158 g/mol. The third-order valence-electron chi connectivity index (χ3n) is 1.91. The number of rotatable bonds is 4. The van der Waals surface area contributed by atoms with Crippen LogP contribution in [0.1, 0.15) is 20.8 Å². The second-order valence-electron chi connectivity index (χ2n) is 3.38. The summed E-state index contributed by atoms with van der Waals surface area (Å²) in [6.07, 6.45) is -1.03. The van der Waals surface area contributed by atoms with E-state index in [4.69, 9.17) is 10.2 Å². The molecular formula is C8H17NO3. The van der Waals surface area contributed by atoms with Crippen LogP contribution in [-0.2, 0) is 0 Å². The number of nitrogens with one attached hydrogen (secondary N) is 1. The molecule has 0 bridgehead atoms. The highest BCUT2D eigenvalue weighted by Crippen LogP contribution is 2.11. The van der Waals surface area contributed by atoms with Gasteiger partial charge in [0.05, 0.1) is 0 Å². The molecule has 3 N–H and O–H groups in total. The maximum Gasteiger partial charge on any atom is 0.404 e. The lowest BCUT2D eigenvalue weighted by Gasteiger charge is -2.25. The van der Waals surface area contributed by atoms with Crippen molar-refractivity contribution in [3.05, 3.63) is 0 Å². The molecule has 72 valence electrons. The van der Waals surface area contributed by atoms with Crippen molar-refractivity contribution >= 4 is 6.09 Å². The van der Waals surface area contributed by atoms with Crippen molar-refractivity contribution < 1.29 is 15.0 Å². The van der Waals surface area contributed by atoms with E-state index in [1.54, 1.807) is 0 Å². The monoisotopic (exact) mass is 175 g/mol. The minimum Gasteiger partial charge on any atom is -0.465 e. The van der Waals surface area contributed by atoms with Crippen molar-refractivity contribution in [2.24, 2.45) is 11.8 Å². The first-order valence-corrected chi connectivity index (χ1v) is 4.09. The molecule has 0 aliphatic heterocycles. The molecule has 2 unspecified atom stereocenters. The Morgan fingerprint density at radius 2 is 1.92 bits per heavy atom. The highest BCUT2D eigenvalue weighted by atomic mass is 16.4. The van der Waals surface area contributed by atoms with Gasteiger partial charge in [-0.25, -0.2) is 4.79 Å². The second-order valence-corrected chi connectivity index (χ2v) is 3.38. The van der Waals surface area contributed by atoms with Gasteiger partial charge >= 0.3 is 6.09 Å². The summed E-state index contributed by atoms with van der Waals surface area (Å²) in [6, 6.07) is -0.174. The fourth-order valence-corrected chi connectivity index (χ4v) is 1.22. The van der Waals surface area contributed by atoms with Crippen molar-refractivity contribution in [2.45, 2.75) is 26.8 Å². The van der Waals surface area contributed by atoms with Crippen LogP contribution in [0.25, 0.3) is 0 Å². The van der Waals surface area contributed by atoms with E-state index in [1.165, 1.54) is 0 Å². The lowest BCUT2D eigenvalue weighted by molar-refractivity contribution is 0.155. The number of hydrogen-bond donors (Lipinski definition) is 3. The molecule has 12 heavy (non-hydrogen) atoms. The number of carbonyl (C=O) groups is 1. The molecule has 0 radical (unpaired) electrons. The molecule has 0 rings (SSSR count). The first kappa shape index (κ1) is 11.2. The predicted molar refractivity (Wildman–Crippen MR) is 46.0 cm³/mol. The Kier molecular flexibility index (Phi) is 4.66. The first-order chi connectivity index (χ1) is 5.49. The summed E-state index contributed by atoms with van der Waals surface area (Å²) < 4.78 is 0. The highest BCUT2D eigenvalue weighted by Gasteiger charge is 2.21. The standard InChI is InChI=1S/C8H17NO3/c1-5(2)7(6(3)4-10)9-8(11)12/h5-7,9-10H,4H2,1-3H3,(H,11,12). The van der Waals surface area contributed by atoms with Crippen LogP contribution < -0.4 is 5.32 Å². The third kappa shape index (κ3) is 3.57. The van der Waals surface area contributed by atoms with Crippen LogP contribution in [-0.4, -0.2) is 29.0 Å². The van der Waals surface area contributed by atoms with Crippen LogP contribution >= 0.6 is 0 Å². The molecule has 0 aliphatic rings. The summed E-state index contributed by atoms with van der Waals surface area (Å²) in [5.74, 6) is 0.157. The summed E-state index contributed by atoms with van der Waals surface area (Å²) in [6.45, 7) is 5.67. The molecule has 1 amide bonds. The summed E-state index contributed by atoms with van der Waals surface area (Å²) in [7, 11) is 0. The van der Waals surface area contributed by atoms with E-state index in [9.17, 15) is 4.79 Å². The van der Waals surface area contributed by atoms with Gasteiger partial charge in [-0.1, -0.05) is 20.8 Å². The lowest BCUT2D eigenvalue weighted by Crippen LogP contribution is -2.43. The normalized spacial score (nSPS) is 15.8. The Balaban J connectivity index is 4.12. The van der Waals surface area contributed by atoms with Crippen molar-refractivity contribution in [3.8, 4) is 0 Å². The zero-order valence-corrected chi connectivity index (χ0v) is 7.74. The SMILES string of the molecule is CC(C)C(NC(=O)O)C(C)CO. The molecule has 0 aromatic heterocycles. The van der Waals surface area contributed by atoms with Gasteiger partial charge in [0.15, 0.2) is 0 Å². The third-order valence-corrected chi connectivity index (χ3v) is 1.91. The van der Waals surface area contributed by atoms with Crippen LogP contribution in [0, 0.1) is 11.8 Å². The van der Waals surface area contributed by atoms with Gasteiger partial charge in [0.1, 0.15) is 0 Å². The number of carboxylic acid groups (broad SMARTS) is 1. The van der Waals surface area contributed by atoms with Crippen molar-refractivity contribution in [1.29, 1.82) is 0 Å². The van der Waals surface area contributed by atoms with E-state index in [0.29, 0.717) is 0 Å². The molecule has 4 heteroatoms. The Hall–Kier alpha value is -0.770. The smallest absolute Gasteiger partial charge is 0.404 e. The van der Waals surface area contributed by atoms with Crippen LogP contribution in [0.15, 0.2) is 0 Å². The van der Waals surface area contributed by atoms with E-state index in [2.05, 4.69) is 5.32 Å². The number of aliphatic hydroxyl groups is 1. The molecule has 0 saturated carbocycles. The van der Waals surface area contributed by atoms with Crippen molar-refractivity contribution in [2.75, 3.05) is 6.61 Å². The van der Waals surface area contributed by atoms with Gasteiger partial charge < -0.3 is 15.5 Å². The van der Waals surface area contributed by atoms with Gasteiger partial charge in [-0.15, -0.1) is 0 Å². The van der Waals surface area contributed by atoms with Crippen LogP contribution in [0.4, 0.5) is 4.79 Å². The van der Waals surface area contributed by atoms with Crippen LogP contribution in [0.5, 0.6) is 0 Å². The van der Waals surface area contributed by atoms with E-state index in [0.717, 1.165) is 0 Å². The fraction of sp³-hybridized carbons (Fsp3) is 0.875. The van der Waals surface area contributed by atoms with E-state index in [-0.39, 0.29) is 24.5 Å². The van der Waals surface area contributed by atoms with Gasteiger partial charge in [0, 0.05) is 12.6 Å². The largest absolute Gasteiger partial charge is 0.465 e. The lowest BCUT2D eigenvalue weighted by atomic mass is 9.93. The highest BCUT2D eigenvalue weighted by molar-refractivity contribution is 5.64. The van der Waals surface area contributed by atoms with Crippen LogP contribution in [0.3, 0.4) is 0 Å². The molecule has 0 fully saturated rings. The van der Waals surface area contributed by atoms with Gasteiger partial charge in [-0.05, 0) is 11.8 Å². The van der Waals surface area contributed by atoms with Gasteiger partial charge in [-0.2, -0.15) is 0 Å². The van der Waals surface area contributed by atoms with E-state index < -0.39 is 6.09 Å². The first-order valence-electron chi connectivity index (χ1n) is 4.09. The zero-order valence-electron chi connectivity index (χ0n) is 7.74. The predicted octanol–water partition coefficient (Wildman–Crippen LogP) is 0.907. The number of hydrogen-bond acceptors (Lipinski definition) is 2. The minimum atomic E-state index is -1.03. The van der Waals surface area contributed by atoms with Gasteiger partial charge in [0.2, 0.25) is 0 Å². The summed E-state index contributed by atoms with van der Waals surface area (Å²) >= 11 is 0. The topological polar surface area (TPSA) is 69.6 Å². The zero-order chi connectivity index (χ0) is 9.72. The molecule has 0 heterocycles. The summed E-state index contributed by atoms with van der Waals surface area (Å²) in [4.78, 5) is 10.3. The minimum absolute atomic E-state index is 0.00310. The number of amides is 1. The Labute approximate surface area is 72.6 Å². The molecule has 4 nitrogen and oxygen atoms in total. The van der Waals surface area contributed by atoms with Crippen LogP contribution in [0.2, 0.25) is 0 Å². The molecule has 0 aromatic carbocycles. The van der Waals surface area contributed by atoms with E-state index in [1.807, 2.05) is 20.8 Å². The molecule has 0 spiro atoms. The Morgan fingerprint density at radius 1 is 1.42 bits per heavy atom. The number of aliphatic hydroxyl groups excluding tert-OH is 1. The maximum absolute atomic E-state index is 10.3. The summed E-state index contributed by atoms with van der Waals surface area (Å²) in [5.41, 5.74) is 0. The quantitative estimate of drug-likeness (QED) is 0.594. The van der Waals surface area contributed by atoms with Gasteiger partial charge in [-0.3, -0.25) is 0 Å².